The van der Waals surface area contributed by atoms with Crippen molar-refractivity contribution >= 4 is 47.2 Å². The first-order valence-electron chi connectivity index (χ1n) is 11.7. The summed E-state index contributed by atoms with van der Waals surface area (Å²) in [6, 6.07) is 9.03. The zero-order valence-corrected chi connectivity index (χ0v) is 21.7. The highest BCUT2D eigenvalue weighted by molar-refractivity contribution is 5.94. The van der Waals surface area contributed by atoms with Crippen LogP contribution in [0.2, 0.25) is 0 Å². The number of carboxylic acids is 1. The molecule has 0 aliphatic heterocycles. The molecule has 39 heavy (non-hydrogen) atoms. The van der Waals surface area contributed by atoms with E-state index in [1.165, 1.54) is 10.9 Å². The second kappa shape index (κ2) is 11.8. The number of benzene rings is 1. The van der Waals surface area contributed by atoms with E-state index in [-0.39, 0.29) is 29.5 Å². The lowest BCUT2D eigenvalue weighted by atomic mass is 10.1. The van der Waals surface area contributed by atoms with Crippen LogP contribution >= 0.6 is 0 Å². The summed E-state index contributed by atoms with van der Waals surface area (Å²) in [5.41, 5.74) is 10.00. The van der Waals surface area contributed by atoms with Gasteiger partial charge in [0.2, 0.25) is 11.9 Å². The number of amides is 2. The van der Waals surface area contributed by atoms with E-state index in [2.05, 4.69) is 20.3 Å². The number of rotatable bonds is 11. The highest BCUT2D eigenvalue weighted by Gasteiger charge is 2.35. The van der Waals surface area contributed by atoms with Crippen molar-refractivity contribution in [1.29, 1.82) is 0 Å². The van der Waals surface area contributed by atoms with Crippen LogP contribution in [0.4, 0.5) is 16.6 Å². The maximum absolute atomic E-state index is 13.1. The number of hydrogen-bond acceptors (Lipinski definition) is 11. The number of nitrogen functional groups attached to an aromatic ring is 1. The van der Waals surface area contributed by atoms with Crippen LogP contribution in [0.1, 0.15) is 26.3 Å². The molecule has 1 unspecified atom stereocenters. The van der Waals surface area contributed by atoms with Crippen molar-refractivity contribution in [3.63, 3.8) is 0 Å². The molecule has 0 spiro atoms. The predicted octanol–water partition coefficient (Wildman–Crippen LogP) is 0.739. The Bertz CT molecular complexity index is 1360. The number of ether oxygens (including phenoxy) is 2. The number of aromatic nitrogens is 4. The van der Waals surface area contributed by atoms with Gasteiger partial charge in [0.25, 0.3) is 0 Å². The lowest BCUT2D eigenvalue weighted by Gasteiger charge is -2.35. The minimum atomic E-state index is -1.95. The molecule has 2 heterocycles. The molecule has 1 atom stereocenters. The van der Waals surface area contributed by atoms with Gasteiger partial charge >= 0.3 is 12.1 Å². The zero-order chi connectivity index (χ0) is 28.8. The molecular formula is C24H30N8O7. The van der Waals surface area contributed by atoms with Crippen LogP contribution in [0.25, 0.3) is 11.2 Å². The molecule has 0 bridgehead atoms. The van der Waals surface area contributed by atoms with Crippen LogP contribution in [-0.2, 0) is 37.0 Å². The van der Waals surface area contributed by atoms with Crippen molar-refractivity contribution in [2.75, 3.05) is 24.1 Å². The van der Waals surface area contributed by atoms with E-state index in [1.807, 2.05) is 6.07 Å². The number of aldehydes is 1. The van der Waals surface area contributed by atoms with E-state index in [0.717, 1.165) is 10.5 Å². The molecule has 0 aliphatic rings. The van der Waals surface area contributed by atoms with Crippen molar-refractivity contribution in [1.82, 2.24) is 24.4 Å². The normalized spacial score (nSPS) is 12.9. The van der Waals surface area contributed by atoms with Crippen LogP contribution in [0.15, 0.2) is 36.7 Å². The summed E-state index contributed by atoms with van der Waals surface area (Å²) >= 11 is 0. The van der Waals surface area contributed by atoms with Gasteiger partial charge in [-0.2, -0.15) is 9.97 Å². The van der Waals surface area contributed by atoms with Crippen LogP contribution in [0.3, 0.4) is 0 Å². The van der Waals surface area contributed by atoms with E-state index >= 15 is 0 Å². The minimum Gasteiger partial charge on any atom is -0.480 e. The highest BCUT2D eigenvalue weighted by Crippen LogP contribution is 2.21. The zero-order valence-electron chi connectivity index (χ0n) is 21.7. The molecule has 3 rings (SSSR count). The quantitative estimate of drug-likeness (QED) is 0.195. The predicted molar refractivity (Wildman–Crippen MR) is 138 cm³/mol. The van der Waals surface area contributed by atoms with E-state index < -0.39 is 48.9 Å². The number of nitrogens with two attached hydrogens (primary N) is 2. The Morgan fingerprint density at radius 2 is 1.87 bits per heavy atom. The lowest BCUT2D eigenvalue weighted by molar-refractivity contribution is -0.164. The summed E-state index contributed by atoms with van der Waals surface area (Å²) in [6.07, 6.45) is 0.746. The molecule has 0 saturated carbocycles. The molecule has 2 aromatic heterocycles. The van der Waals surface area contributed by atoms with Crippen molar-refractivity contribution in [3.8, 4) is 0 Å². The molecule has 2 amide bonds. The van der Waals surface area contributed by atoms with Gasteiger partial charge in [0.1, 0.15) is 19.7 Å². The second-order valence-electron chi connectivity index (χ2n) is 9.59. The molecule has 0 fully saturated rings. The summed E-state index contributed by atoms with van der Waals surface area (Å²) in [7, 11) is 0. The number of anilines is 2. The van der Waals surface area contributed by atoms with E-state index in [0.29, 0.717) is 6.29 Å². The number of nitrogens with zero attached hydrogens (tertiary/aromatic N) is 5. The third kappa shape index (κ3) is 8.18. The largest absolute Gasteiger partial charge is 0.480 e. The van der Waals surface area contributed by atoms with E-state index in [1.54, 1.807) is 45.0 Å². The molecule has 15 heteroatoms. The Kier molecular flexibility index (Phi) is 8.78. The third-order valence-corrected chi connectivity index (χ3v) is 5.03. The van der Waals surface area contributed by atoms with E-state index in [4.69, 9.17) is 20.9 Å². The minimum absolute atomic E-state index is 0.0150. The number of carbonyl (C=O) groups excluding carboxylic acids is 3. The third-order valence-electron chi connectivity index (χ3n) is 5.03. The number of fused-ring (bicyclic) bond motifs is 1. The molecule has 0 saturated heterocycles. The van der Waals surface area contributed by atoms with Gasteiger partial charge in [0.05, 0.1) is 18.5 Å². The number of carboxylic acid groups (broad SMARTS) is 1. The number of carbonyl (C=O) groups is 4. The summed E-state index contributed by atoms with van der Waals surface area (Å²) in [4.78, 5) is 61.8. The first-order chi connectivity index (χ1) is 18.3. The number of nitrogens with one attached hydrogen (secondary N) is 1. The Labute approximate surface area is 223 Å². The van der Waals surface area contributed by atoms with Crippen molar-refractivity contribution in [2.45, 2.75) is 45.2 Å². The topological polar surface area (TPSA) is 218 Å². The van der Waals surface area contributed by atoms with Gasteiger partial charge < -0.3 is 29.8 Å². The van der Waals surface area contributed by atoms with Crippen LogP contribution < -0.4 is 16.8 Å². The SMILES string of the molecule is CC(C)(C)OC(N)(C=O)CN(CC(=O)O)C(=O)Cn1cnc2c(NC(=O)OCc3ccccc3)nc(N)nc21. The van der Waals surface area contributed by atoms with Crippen LogP contribution in [-0.4, -0.2) is 78.2 Å². The van der Waals surface area contributed by atoms with E-state index in [9.17, 15) is 24.3 Å². The summed E-state index contributed by atoms with van der Waals surface area (Å²) < 4.78 is 12.1. The molecule has 15 nitrogen and oxygen atoms in total. The fourth-order valence-corrected chi connectivity index (χ4v) is 3.62. The van der Waals surface area contributed by atoms with Gasteiger partial charge in [-0.25, -0.2) is 9.78 Å². The van der Waals surface area contributed by atoms with Crippen molar-refractivity contribution in [3.05, 3.63) is 42.2 Å². The first kappa shape index (κ1) is 28.9. The van der Waals surface area contributed by atoms with Crippen LogP contribution in [0.5, 0.6) is 0 Å². The molecule has 0 aliphatic carbocycles. The van der Waals surface area contributed by atoms with Gasteiger partial charge in [-0.3, -0.25) is 25.4 Å². The molecule has 208 valence electrons. The first-order valence-corrected chi connectivity index (χ1v) is 11.7. The summed E-state index contributed by atoms with van der Waals surface area (Å²) in [5, 5.41) is 11.8. The highest BCUT2D eigenvalue weighted by atomic mass is 16.5. The molecular weight excluding hydrogens is 512 g/mol. The summed E-state index contributed by atoms with van der Waals surface area (Å²) in [6.45, 7) is 3.28. The Hall–Kier alpha value is -4.63. The average molecular weight is 543 g/mol. The number of imidazole rings is 1. The standard InChI is InChI=1S/C24H30N8O7/c1-23(2,3)39-24(26,13-33)12-31(10-17(35)36)16(34)9-32-14-27-18-19(28-21(25)30-20(18)32)29-22(37)38-11-15-7-5-4-6-8-15/h4-8,13-14H,9-12,26H2,1-3H3,(H,35,36)(H3,25,28,29,30,37). The Morgan fingerprint density at radius 1 is 1.18 bits per heavy atom. The summed E-state index contributed by atoms with van der Waals surface area (Å²) in [5.74, 6) is -2.32. The Balaban J connectivity index is 1.79. The van der Waals surface area contributed by atoms with Gasteiger partial charge in [-0.15, -0.1) is 0 Å². The van der Waals surface area contributed by atoms with Gasteiger partial charge in [0, 0.05) is 0 Å². The lowest BCUT2D eigenvalue weighted by Crippen LogP contribution is -2.58. The Morgan fingerprint density at radius 3 is 2.49 bits per heavy atom. The smallest absolute Gasteiger partial charge is 0.413 e. The fourth-order valence-electron chi connectivity index (χ4n) is 3.62. The van der Waals surface area contributed by atoms with Gasteiger partial charge in [-0.05, 0) is 26.3 Å². The monoisotopic (exact) mass is 542 g/mol. The molecule has 6 N–H and O–H groups in total. The van der Waals surface area contributed by atoms with Crippen LogP contribution in [0, 0.1) is 0 Å². The average Bonchev–Trinajstić information content (AvgIpc) is 3.24. The second-order valence-corrected chi connectivity index (χ2v) is 9.59. The van der Waals surface area contributed by atoms with Crippen molar-refractivity contribution < 1.29 is 33.8 Å². The maximum Gasteiger partial charge on any atom is 0.413 e. The molecule has 1 aromatic carbocycles. The van der Waals surface area contributed by atoms with Gasteiger partial charge in [0.15, 0.2) is 29.0 Å². The number of aliphatic carboxylic acids is 1. The molecule has 3 aromatic rings. The van der Waals surface area contributed by atoms with Gasteiger partial charge in [-0.1, -0.05) is 30.3 Å². The van der Waals surface area contributed by atoms with Crippen molar-refractivity contribution in [2.24, 2.45) is 5.73 Å². The fraction of sp³-hybridized carbons (Fsp3) is 0.375. The number of hydrogen-bond donors (Lipinski definition) is 4. The maximum atomic E-state index is 13.1. The molecule has 0 radical (unpaired) electrons.